The van der Waals surface area contributed by atoms with E-state index in [-0.39, 0.29) is 18.9 Å². The first-order chi connectivity index (χ1) is 10.6. The Morgan fingerprint density at radius 2 is 2.00 bits per heavy atom. The molecule has 2 aromatic heterocycles. The number of hydrogen-bond acceptors (Lipinski definition) is 4. The fourth-order valence-corrected chi connectivity index (χ4v) is 2.00. The number of aromatic amines is 1. The van der Waals surface area contributed by atoms with Crippen LogP contribution in [0.5, 0.6) is 0 Å². The van der Waals surface area contributed by atoms with Gasteiger partial charge in [-0.15, -0.1) is 0 Å². The van der Waals surface area contributed by atoms with Crippen LogP contribution in [0.3, 0.4) is 0 Å². The molecule has 0 atom stereocenters. The molecule has 0 unspecified atom stereocenters. The molecule has 2 aromatic rings. The Hall–Kier alpha value is -2.70. The molecule has 0 aliphatic rings. The van der Waals surface area contributed by atoms with Crippen molar-refractivity contribution in [2.75, 3.05) is 6.54 Å². The summed E-state index contributed by atoms with van der Waals surface area (Å²) in [7, 11) is 0. The topological polar surface area (TPSA) is 96.9 Å². The third-order valence-electron chi connectivity index (χ3n) is 3.19. The normalized spacial score (nSPS) is 10.4. The van der Waals surface area contributed by atoms with Gasteiger partial charge in [0, 0.05) is 44.2 Å². The second-order valence-corrected chi connectivity index (χ2v) is 4.86. The second-order valence-electron chi connectivity index (χ2n) is 4.86. The summed E-state index contributed by atoms with van der Waals surface area (Å²) in [6.45, 7) is 0.827. The minimum absolute atomic E-state index is 0.118. The number of carbonyl (C=O) groups is 1. The average Bonchev–Trinajstić information content (AvgIpc) is 2.52. The lowest BCUT2D eigenvalue weighted by atomic mass is 10.1. The highest BCUT2D eigenvalue weighted by Crippen LogP contribution is 1.99. The molecule has 2 N–H and O–H groups in total. The van der Waals surface area contributed by atoms with Crippen molar-refractivity contribution in [2.24, 2.45) is 0 Å². The van der Waals surface area contributed by atoms with Gasteiger partial charge in [0.1, 0.15) is 0 Å². The number of aryl methyl sites for hydroxylation is 2. The Balaban J connectivity index is 1.68. The highest BCUT2D eigenvalue weighted by atomic mass is 16.2. The van der Waals surface area contributed by atoms with Gasteiger partial charge >= 0.3 is 5.69 Å². The number of pyridine rings is 1. The molecule has 0 aromatic carbocycles. The molecule has 0 saturated heterocycles. The van der Waals surface area contributed by atoms with E-state index in [1.54, 1.807) is 12.4 Å². The lowest BCUT2D eigenvalue weighted by Crippen LogP contribution is -2.31. The third-order valence-corrected chi connectivity index (χ3v) is 3.19. The largest absolute Gasteiger partial charge is 0.356 e. The molecule has 0 aliphatic heterocycles. The molecule has 0 aliphatic carbocycles. The molecule has 1 amide bonds. The van der Waals surface area contributed by atoms with E-state index < -0.39 is 11.2 Å². The average molecular weight is 302 g/mol. The van der Waals surface area contributed by atoms with Crippen molar-refractivity contribution in [1.29, 1.82) is 0 Å². The van der Waals surface area contributed by atoms with Crippen molar-refractivity contribution in [3.05, 3.63) is 63.2 Å². The number of hydrogen-bond donors (Lipinski definition) is 2. The Bertz CT molecular complexity index is 721. The smallest absolute Gasteiger partial charge is 0.328 e. The van der Waals surface area contributed by atoms with Crippen molar-refractivity contribution in [3.63, 3.8) is 0 Å². The summed E-state index contributed by atoms with van der Waals surface area (Å²) in [5, 5.41) is 2.81. The van der Waals surface area contributed by atoms with E-state index in [4.69, 9.17) is 0 Å². The van der Waals surface area contributed by atoms with Crippen molar-refractivity contribution in [3.8, 4) is 0 Å². The molecule has 0 fully saturated rings. The van der Waals surface area contributed by atoms with Gasteiger partial charge in [0.05, 0.1) is 0 Å². The van der Waals surface area contributed by atoms with Crippen LogP contribution >= 0.6 is 0 Å². The Kier molecular flexibility index (Phi) is 5.65. The van der Waals surface area contributed by atoms with E-state index in [2.05, 4.69) is 15.3 Å². The summed E-state index contributed by atoms with van der Waals surface area (Å²) in [6.07, 6.45) is 6.79. The summed E-state index contributed by atoms with van der Waals surface area (Å²) >= 11 is 0. The van der Waals surface area contributed by atoms with Crippen LogP contribution in [0.4, 0.5) is 0 Å². The van der Waals surface area contributed by atoms with Crippen molar-refractivity contribution >= 4 is 5.91 Å². The summed E-state index contributed by atoms with van der Waals surface area (Å²) in [6, 6.07) is 5.16. The van der Waals surface area contributed by atoms with Crippen LogP contribution in [0.2, 0.25) is 0 Å². The Morgan fingerprint density at radius 3 is 2.73 bits per heavy atom. The van der Waals surface area contributed by atoms with E-state index in [1.807, 2.05) is 12.1 Å². The van der Waals surface area contributed by atoms with Gasteiger partial charge in [0.25, 0.3) is 5.56 Å². The predicted octanol–water partition coefficient (Wildman–Crippen LogP) is 0.0707. The zero-order valence-corrected chi connectivity index (χ0v) is 12.1. The van der Waals surface area contributed by atoms with Gasteiger partial charge in [0.15, 0.2) is 0 Å². The van der Waals surface area contributed by atoms with Gasteiger partial charge in [0.2, 0.25) is 5.91 Å². The maximum atomic E-state index is 11.7. The number of rotatable bonds is 7. The van der Waals surface area contributed by atoms with Gasteiger partial charge in [-0.1, -0.05) is 0 Å². The molecule has 2 heterocycles. The molecule has 116 valence electrons. The molecule has 0 bridgehead atoms. The third kappa shape index (κ3) is 5.01. The summed E-state index contributed by atoms with van der Waals surface area (Å²) in [5.74, 6) is -0.118. The highest BCUT2D eigenvalue weighted by Gasteiger charge is 2.03. The Labute approximate surface area is 127 Å². The summed E-state index contributed by atoms with van der Waals surface area (Å²) in [5.41, 5.74) is 0.240. The van der Waals surface area contributed by atoms with Crippen molar-refractivity contribution in [2.45, 2.75) is 25.8 Å². The van der Waals surface area contributed by atoms with Crippen LogP contribution in [0.1, 0.15) is 18.4 Å². The fourth-order valence-electron chi connectivity index (χ4n) is 2.00. The molecule has 7 heteroatoms. The van der Waals surface area contributed by atoms with Gasteiger partial charge in [-0.2, -0.15) is 0 Å². The number of carbonyl (C=O) groups excluding carboxylic acids is 1. The minimum Gasteiger partial charge on any atom is -0.356 e. The first kappa shape index (κ1) is 15.7. The molecule has 0 radical (unpaired) electrons. The molecule has 0 saturated carbocycles. The molecular weight excluding hydrogens is 284 g/mol. The fraction of sp³-hybridized carbons (Fsp3) is 0.333. The SMILES string of the molecule is O=C(CCn1ccc(=O)[nH]c1=O)NCCCc1ccncc1. The monoisotopic (exact) mass is 302 g/mol. The maximum Gasteiger partial charge on any atom is 0.328 e. The van der Waals surface area contributed by atoms with Crippen molar-refractivity contribution in [1.82, 2.24) is 19.9 Å². The summed E-state index contributed by atoms with van der Waals surface area (Å²) < 4.78 is 1.30. The van der Waals surface area contributed by atoms with Gasteiger partial charge in [-0.3, -0.25) is 19.6 Å². The number of amides is 1. The minimum atomic E-state index is -0.502. The van der Waals surface area contributed by atoms with Crippen LogP contribution in [-0.2, 0) is 17.8 Å². The molecule has 22 heavy (non-hydrogen) atoms. The maximum absolute atomic E-state index is 11.7. The standard InChI is InChI=1S/C15H18N4O3/c20-13(5-10-19-11-6-14(21)18-15(19)22)17-7-1-2-12-3-8-16-9-4-12/h3-4,6,8-9,11H,1-2,5,7,10H2,(H,17,20)(H,18,21,22). The lowest BCUT2D eigenvalue weighted by molar-refractivity contribution is -0.121. The van der Waals surface area contributed by atoms with Crippen LogP contribution in [-0.4, -0.2) is 27.0 Å². The first-order valence-corrected chi connectivity index (χ1v) is 7.10. The molecule has 7 nitrogen and oxygen atoms in total. The van der Waals surface area contributed by atoms with Crippen LogP contribution in [0.25, 0.3) is 0 Å². The predicted molar refractivity (Wildman–Crippen MR) is 81.5 cm³/mol. The van der Waals surface area contributed by atoms with E-state index in [1.165, 1.54) is 22.4 Å². The molecule has 0 spiro atoms. The van der Waals surface area contributed by atoms with Gasteiger partial charge < -0.3 is 9.88 Å². The van der Waals surface area contributed by atoms with E-state index in [0.29, 0.717) is 6.54 Å². The quantitative estimate of drug-likeness (QED) is 0.707. The lowest BCUT2D eigenvalue weighted by Gasteiger charge is -2.06. The number of nitrogens with zero attached hydrogens (tertiary/aromatic N) is 2. The first-order valence-electron chi connectivity index (χ1n) is 7.10. The Morgan fingerprint density at radius 1 is 1.23 bits per heavy atom. The molecular formula is C15H18N4O3. The van der Waals surface area contributed by atoms with E-state index in [0.717, 1.165) is 12.8 Å². The number of aromatic nitrogens is 3. The van der Waals surface area contributed by atoms with Crippen LogP contribution in [0, 0.1) is 0 Å². The van der Waals surface area contributed by atoms with Crippen molar-refractivity contribution < 1.29 is 4.79 Å². The zero-order valence-electron chi connectivity index (χ0n) is 12.1. The number of H-pyrrole nitrogens is 1. The second kappa shape index (κ2) is 7.92. The van der Waals surface area contributed by atoms with Crippen LogP contribution < -0.4 is 16.6 Å². The van der Waals surface area contributed by atoms with Crippen LogP contribution in [0.15, 0.2) is 46.4 Å². The van der Waals surface area contributed by atoms with E-state index in [9.17, 15) is 14.4 Å². The van der Waals surface area contributed by atoms with E-state index >= 15 is 0 Å². The number of nitrogens with one attached hydrogen (secondary N) is 2. The van der Waals surface area contributed by atoms with Gasteiger partial charge in [-0.05, 0) is 30.5 Å². The summed E-state index contributed by atoms with van der Waals surface area (Å²) in [4.78, 5) is 40.2. The van der Waals surface area contributed by atoms with Gasteiger partial charge in [-0.25, -0.2) is 4.79 Å². The molecule has 2 rings (SSSR count). The highest BCUT2D eigenvalue weighted by molar-refractivity contribution is 5.75. The zero-order chi connectivity index (χ0) is 15.8.